The Kier molecular flexibility index (Phi) is 3.22. The van der Waals surface area contributed by atoms with Crippen LogP contribution in [0.2, 0.25) is 5.02 Å². The van der Waals surface area contributed by atoms with E-state index >= 15 is 0 Å². The maximum Gasteiger partial charge on any atom is 0.122 e. The number of aromatic hydroxyl groups is 1. The topological polar surface area (TPSA) is 33.1 Å². The molecule has 1 aromatic carbocycles. The van der Waals surface area contributed by atoms with Crippen molar-refractivity contribution in [3.8, 4) is 5.75 Å². The third-order valence-electron chi connectivity index (χ3n) is 2.15. The van der Waals surface area contributed by atoms with Crippen molar-refractivity contribution in [3.63, 3.8) is 0 Å². The molecule has 0 aliphatic carbocycles. The summed E-state index contributed by atoms with van der Waals surface area (Å²) in [5, 5.41) is 10.2. The Balaban J connectivity index is 2.27. The van der Waals surface area contributed by atoms with Crippen molar-refractivity contribution < 1.29 is 5.11 Å². The SMILES string of the molecule is Oc1ccc(Cl)cc1/C=C/c1ccncc1. The molecule has 0 aliphatic heterocycles. The number of hydrogen-bond donors (Lipinski definition) is 1. The number of phenolic OH excluding ortho intramolecular Hbond substituents is 1. The van der Waals surface area contributed by atoms with Crippen molar-refractivity contribution >= 4 is 23.8 Å². The van der Waals surface area contributed by atoms with E-state index in [9.17, 15) is 5.11 Å². The van der Waals surface area contributed by atoms with Gasteiger partial charge in [-0.3, -0.25) is 4.98 Å². The quantitative estimate of drug-likeness (QED) is 0.857. The summed E-state index contributed by atoms with van der Waals surface area (Å²) >= 11 is 5.84. The van der Waals surface area contributed by atoms with Gasteiger partial charge in [-0.15, -0.1) is 0 Å². The normalized spacial score (nSPS) is 10.8. The molecule has 0 bridgehead atoms. The highest BCUT2D eigenvalue weighted by Crippen LogP contribution is 2.23. The van der Waals surface area contributed by atoms with E-state index in [1.165, 1.54) is 0 Å². The summed E-state index contributed by atoms with van der Waals surface area (Å²) in [6, 6.07) is 8.72. The Morgan fingerprint density at radius 2 is 1.81 bits per heavy atom. The first-order chi connectivity index (χ1) is 7.75. The largest absolute Gasteiger partial charge is 0.507 e. The van der Waals surface area contributed by atoms with Gasteiger partial charge in [0.15, 0.2) is 0 Å². The summed E-state index contributed by atoms with van der Waals surface area (Å²) in [5.41, 5.74) is 1.72. The molecule has 1 N–H and O–H groups in total. The van der Waals surface area contributed by atoms with Gasteiger partial charge in [0.05, 0.1) is 0 Å². The minimum absolute atomic E-state index is 0.217. The van der Waals surface area contributed by atoms with Crippen LogP contribution in [0.1, 0.15) is 11.1 Å². The summed E-state index contributed by atoms with van der Waals surface area (Å²) < 4.78 is 0. The first-order valence-electron chi connectivity index (χ1n) is 4.82. The van der Waals surface area contributed by atoms with Crippen molar-refractivity contribution in [2.24, 2.45) is 0 Å². The van der Waals surface area contributed by atoms with Gasteiger partial charge < -0.3 is 5.11 Å². The number of aromatic nitrogens is 1. The first-order valence-corrected chi connectivity index (χ1v) is 5.20. The third-order valence-corrected chi connectivity index (χ3v) is 2.39. The van der Waals surface area contributed by atoms with Crippen LogP contribution in [-0.4, -0.2) is 10.1 Å². The second-order valence-corrected chi connectivity index (χ2v) is 3.75. The van der Waals surface area contributed by atoms with Crippen molar-refractivity contribution in [2.45, 2.75) is 0 Å². The average Bonchev–Trinajstić information content (AvgIpc) is 2.32. The predicted molar refractivity (Wildman–Crippen MR) is 66.3 cm³/mol. The van der Waals surface area contributed by atoms with Gasteiger partial charge >= 0.3 is 0 Å². The van der Waals surface area contributed by atoms with E-state index in [1.54, 1.807) is 30.6 Å². The molecule has 0 radical (unpaired) electrons. The summed E-state index contributed by atoms with van der Waals surface area (Å²) in [6.45, 7) is 0. The number of rotatable bonds is 2. The molecule has 3 heteroatoms. The molecule has 2 aromatic rings. The second-order valence-electron chi connectivity index (χ2n) is 3.32. The fourth-order valence-corrected chi connectivity index (χ4v) is 1.50. The minimum Gasteiger partial charge on any atom is -0.507 e. The zero-order valence-electron chi connectivity index (χ0n) is 8.47. The fraction of sp³-hybridized carbons (Fsp3) is 0. The molecule has 80 valence electrons. The Bertz CT molecular complexity index is 509. The van der Waals surface area contributed by atoms with E-state index in [2.05, 4.69) is 4.98 Å². The van der Waals surface area contributed by atoms with Crippen molar-refractivity contribution in [1.29, 1.82) is 0 Å². The number of halogens is 1. The Labute approximate surface area is 98.8 Å². The number of nitrogens with zero attached hydrogens (tertiary/aromatic N) is 1. The van der Waals surface area contributed by atoms with Gasteiger partial charge in [0.25, 0.3) is 0 Å². The molecule has 0 amide bonds. The molecule has 0 spiro atoms. The molecule has 0 atom stereocenters. The van der Waals surface area contributed by atoms with E-state index in [4.69, 9.17) is 11.6 Å². The van der Waals surface area contributed by atoms with E-state index in [0.717, 1.165) is 5.56 Å². The highest BCUT2D eigenvalue weighted by atomic mass is 35.5. The lowest BCUT2D eigenvalue weighted by Crippen LogP contribution is -1.76. The smallest absolute Gasteiger partial charge is 0.122 e. The number of phenols is 1. The number of benzene rings is 1. The van der Waals surface area contributed by atoms with Crippen molar-refractivity contribution in [3.05, 3.63) is 58.9 Å². The van der Waals surface area contributed by atoms with Gasteiger partial charge in [0.1, 0.15) is 5.75 Å². The van der Waals surface area contributed by atoms with Gasteiger partial charge in [-0.2, -0.15) is 0 Å². The highest BCUT2D eigenvalue weighted by Gasteiger charge is 1.97. The van der Waals surface area contributed by atoms with Crippen LogP contribution < -0.4 is 0 Å². The van der Waals surface area contributed by atoms with Crippen molar-refractivity contribution in [2.75, 3.05) is 0 Å². The van der Waals surface area contributed by atoms with Crippen LogP contribution in [0, 0.1) is 0 Å². The van der Waals surface area contributed by atoms with Crippen LogP contribution in [0.25, 0.3) is 12.2 Å². The molecule has 2 rings (SSSR count). The lowest BCUT2D eigenvalue weighted by Gasteiger charge is -1.99. The fourth-order valence-electron chi connectivity index (χ4n) is 1.32. The van der Waals surface area contributed by atoms with Crippen LogP contribution in [0.15, 0.2) is 42.7 Å². The third kappa shape index (κ3) is 2.61. The van der Waals surface area contributed by atoms with Crippen LogP contribution in [-0.2, 0) is 0 Å². The maximum atomic E-state index is 9.59. The van der Waals surface area contributed by atoms with Gasteiger partial charge in [-0.1, -0.05) is 23.8 Å². The zero-order chi connectivity index (χ0) is 11.4. The average molecular weight is 232 g/mol. The lowest BCUT2D eigenvalue weighted by molar-refractivity contribution is 0.474. The van der Waals surface area contributed by atoms with Crippen LogP contribution in [0.4, 0.5) is 0 Å². The maximum absolute atomic E-state index is 9.59. The summed E-state index contributed by atoms with van der Waals surface area (Å²) in [5.74, 6) is 0.217. The molecule has 0 saturated carbocycles. The lowest BCUT2D eigenvalue weighted by atomic mass is 10.1. The van der Waals surface area contributed by atoms with Gasteiger partial charge in [0.2, 0.25) is 0 Å². The van der Waals surface area contributed by atoms with Crippen LogP contribution in [0.3, 0.4) is 0 Å². The van der Waals surface area contributed by atoms with E-state index < -0.39 is 0 Å². The first kappa shape index (κ1) is 10.7. The van der Waals surface area contributed by atoms with Gasteiger partial charge in [0, 0.05) is 23.0 Å². The molecular weight excluding hydrogens is 222 g/mol. The molecule has 1 aromatic heterocycles. The van der Waals surface area contributed by atoms with Crippen LogP contribution >= 0.6 is 11.6 Å². The van der Waals surface area contributed by atoms with E-state index in [0.29, 0.717) is 10.6 Å². The molecule has 0 aliphatic rings. The molecule has 16 heavy (non-hydrogen) atoms. The molecule has 0 saturated heterocycles. The summed E-state index contributed by atoms with van der Waals surface area (Å²) in [6.07, 6.45) is 7.15. The monoisotopic (exact) mass is 231 g/mol. The highest BCUT2D eigenvalue weighted by molar-refractivity contribution is 6.30. The van der Waals surface area contributed by atoms with Crippen molar-refractivity contribution in [1.82, 2.24) is 4.98 Å². The van der Waals surface area contributed by atoms with Gasteiger partial charge in [-0.25, -0.2) is 0 Å². The summed E-state index contributed by atoms with van der Waals surface area (Å²) in [7, 11) is 0. The molecular formula is C13H10ClNO. The minimum atomic E-state index is 0.217. The Morgan fingerprint density at radius 1 is 1.06 bits per heavy atom. The zero-order valence-corrected chi connectivity index (χ0v) is 9.22. The second kappa shape index (κ2) is 4.81. The number of hydrogen-bond acceptors (Lipinski definition) is 2. The summed E-state index contributed by atoms with van der Waals surface area (Å²) in [4.78, 5) is 3.93. The van der Waals surface area contributed by atoms with E-state index in [1.807, 2.05) is 24.3 Å². The molecule has 2 nitrogen and oxygen atoms in total. The molecule has 1 heterocycles. The van der Waals surface area contributed by atoms with Crippen LogP contribution in [0.5, 0.6) is 5.75 Å². The van der Waals surface area contributed by atoms with Gasteiger partial charge in [-0.05, 0) is 35.9 Å². The predicted octanol–water partition coefficient (Wildman–Crippen LogP) is 3.61. The Hall–Kier alpha value is -1.80. The number of pyridine rings is 1. The Morgan fingerprint density at radius 3 is 2.56 bits per heavy atom. The molecule has 0 unspecified atom stereocenters. The standard InChI is InChI=1S/C13H10ClNO/c14-12-3-4-13(16)11(9-12)2-1-10-5-7-15-8-6-10/h1-9,16H/b2-1+. The molecule has 0 fully saturated rings. The van der Waals surface area contributed by atoms with E-state index in [-0.39, 0.29) is 5.75 Å².